The Labute approximate surface area is 133 Å². The zero-order valence-corrected chi connectivity index (χ0v) is 13.0. The fourth-order valence-electron chi connectivity index (χ4n) is 1.96. The minimum absolute atomic E-state index is 0.0185. The van der Waals surface area contributed by atoms with Gasteiger partial charge in [0.25, 0.3) is 11.6 Å². The average Bonchev–Trinajstić information content (AvgIpc) is 2.49. The van der Waals surface area contributed by atoms with Crippen molar-refractivity contribution >= 4 is 17.6 Å². The molecular weight excluding hydrogens is 304 g/mol. The smallest absolute Gasteiger partial charge is 0.308 e. The molecule has 1 unspecified atom stereocenters. The largest absolute Gasteiger partial charge is 0.484 e. The minimum Gasteiger partial charge on any atom is -0.484 e. The van der Waals surface area contributed by atoms with Gasteiger partial charge in [-0.3, -0.25) is 19.7 Å². The van der Waals surface area contributed by atoms with E-state index < -0.39 is 22.7 Å². The molecule has 0 saturated heterocycles. The summed E-state index contributed by atoms with van der Waals surface area (Å²) in [6.45, 7) is 3.49. The molecule has 23 heavy (non-hydrogen) atoms. The molecule has 0 aliphatic rings. The summed E-state index contributed by atoms with van der Waals surface area (Å²) in [6.07, 6.45) is 0.460. The summed E-state index contributed by atoms with van der Waals surface area (Å²) < 4.78 is 5.17. The van der Waals surface area contributed by atoms with Gasteiger partial charge in [-0.25, -0.2) is 0 Å². The van der Waals surface area contributed by atoms with Crippen molar-refractivity contribution in [2.24, 2.45) is 11.8 Å². The van der Waals surface area contributed by atoms with Crippen molar-refractivity contribution in [3.63, 3.8) is 0 Å². The number of benzene rings is 1. The van der Waals surface area contributed by atoms with Crippen LogP contribution in [0.25, 0.3) is 0 Å². The zero-order valence-electron chi connectivity index (χ0n) is 13.0. The van der Waals surface area contributed by atoms with E-state index in [1.807, 2.05) is 13.8 Å². The van der Waals surface area contributed by atoms with Gasteiger partial charge < -0.3 is 15.2 Å². The predicted octanol–water partition coefficient (Wildman–Crippen LogP) is 1.84. The first-order valence-corrected chi connectivity index (χ1v) is 7.16. The van der Waals surface area contributed by atoms with Crippen molar-refractivity contribution in [3.8, 4) is 5.75 Å². The van der Waals surface area contributed by atoms with Gasteiger partial charge in [-0.15, -0.1) is 0 Å². The van der Waals surface area contributed by atoms with Crippen molar-refractivity contribution in [2.75, 3.05) is 13.2 Å². The molecule has 1 amide bonds. The lowest BCUT2D eigenvalue weighted by Gasteiger charge is -2.15. The van der Waals surface area contributed by atoms with Gasteiger partial charge in [0, 0.05) is 12.6 Å². The molecule has 0 fully saturated rings. The third-order valence-electron chi connectivity index (χ3n) is 3.05. The number of carbonyl (C=O) groups is 2. The molecule has 0 radical (unpaired) electrons. The molecule has 0 aliphatic heterocycles. The number of nitro groups is 1. The highest BCUT2D eigenvalue weighted by molar-refractivity contribution is 5.78. The third-order valence-corrected chi connectivity index (χ3v) is 3.05. The van der Waals surface area contributed by atoms with E-state index in [-0.39, 0.29) is 30.5 Å². The standard InChI is InChI=1S/C15H20N2O6/c1-10(2)6-11(15(19)20)8-16-14(18)9-23-13-5-3-4-12(7-13)17(21)22/h3-5,7,10-11H,6,8-9H2,1-2H3,(H,16,18)(H,19,20). The number of carboxylic acid groups (broad SMARTS) is 1. The van der Waals surface area contributed by atoms with E-state index in [9.17, 15) is 19.7 Å². The van der Waals surface area contributed by atoms with Crippen LogP contribution in [0.4, 0.5) is 5.69 Å². The van der Waals surface area contributed by atoms with Crippen LogP contribution >= 0.6 is 0 Å². The number of non-ortho nitro benzene ring substituents is 1. The number of ether oxygens (including phenoxy) is 1. The first kappa shape index (κ1) is 18.4. The van der Waals surface area contributed by atoms with Crippen LogP contribution in [0.15, 0.2) is 24.3 Å². The van der Waals surface area contributed by atoms with Gasteiger partial charge in [0.05, 0.1) is 16.9 Å². The molecule has 0 aromatic heterocycles. The van der Waals surface area contributed by atoms with Crippen LogP contribution in [0, 0.1) is 22.0 Å². The van der Waals surface area contributed by atoms with Crippen LogP contribution in [-0.2, 0) is 9.59 Å². The number of nitrogens with one attached hydrogen (secondary N) is 1. The first-order valence-electron chi connectivity index (χ1n) is 7.16. The highest BCUT2D eigenvalue weighted by Crippen LogP contribution is 2.18. The maximum Gasteiger partial charge on any atom is 0.308 e. The van der Waals surface area contributed by atoms with Gasteiger partial charge in [-0.2, -0.15) is 0 Å². The van der Waals surface area contributed by atoms with Crippen LogP contribution in [0.3, 0.4) is 0 Å². The van der Waals surface area contributed by atoms with E-state index in [2.05, 4.69) is 5.32 Å². The predicted molar refractivity (Wildman–Crippen MR) is 82.2 cm³/mol. The molecule has 8 heteroatoms. The number of aliphatic carboxylic acids is 1. The second-order valence-electron chi connectivity index (χ2n) is 5.51. The quantitative estimate of drug-likeness (QED) is 0.528. The maximum absolute atomic E-state index is 11.7. The second-order valence-corrected chi connectivity index (χ2v) is 5.51. The molecule has 8 nitrogen and oxygen atoms in total. The van der Waals surface area contributed by atoms with E-state index in [0.29, 0.717) is 6.42 Å². The number of hydrogen-bond acceptors (Lipinski definition) is 5. The van der Waals surface area contributed by atoms with Crippen LogP contribution in [-0.4, -0.2) is 35.1 Å². The Balaban J connectivity index is 2.46. The molecule has 1 rings (SSSR count). The van der Waals surface area contributed by atoms with Gasteiger partial charge in [0.1, 0.15) is 5.75 Å². The molecule has 0 bridgehead atoms. The lowest BCUT2D eigenvalue weighted by Crippen LogP contribution is -2.36. The normalized spacial score (nSPS) is 11.8. The molecule has 126 valence electrons. The summed E-state index contributed by atoms with van der Waals surface area (Å²) in [4.78, 5) is 32.8. The number of rotatable bonds is 9. The molecule has 1 atom stereocenters. The van der Waals surface area contributed by atoms with Crippen LogP contribution in [0.5, 0.6) is 5.75 Å². The van der Waals surface area contributed by atoms with E-state index in [1.165, 1.54) is 24.3 Å². The fourth-order valence-corrected chi connectivity index (χ4v) is 1.96. The molecule has 2 N–H and O–H groups in total. The van der Waals surface area contributed by atoms with Gasteiger partial charge in [-0.1, -0.05) is 19.9 Å². The molecule has 1 aromatic carbocycles. The summed E-state index contributed by atoms with van der Waals surface area (Å²) in [5.41, 5.74) is -0.134. The first-order chi connectivity index (χ1) is 10.8. The second kappa shape index (κ2) is 8.72. The van der Waals surface area contributed by atoms with E-state index >= 15 is 0 Å². The van der Waals surface area contributed by atoms with Gasteiger partial charge >= 0.3 is 5.97 Å². The number of carboxylic acids is 1. The summed E-state index contributed by atoms with van der Waals surface area (Å²) >= 11 is 0. The van der Waals surface area contributed by atoms with E-state index in [1.54, 1.807) is 0 Å². The summed E-state index contributed by atoms with van der Waals surface area (Å²) in [5.74, 6) is -1.69. The number of amides is 1. The van der Waals surface area contributed by atoms with E-state index in [0.717, 1.165) is 0 Å². The number of nitro benzene ring substituents is 1. The Kier molecular flexibility index (Phi) is 6.98. The maximum atomic E-state index is 11.7. The fraction of sp³-hybridized carbons (Fsp3) is 0.467. The Morgan fingerprint density at radius 2 is 2.09 bits per heavy atom. The zero-order chi connectivity index (χ0) is 17.4. The van der Waals surface area contributed by atoms with Crippen molar-refractivity contribution in [2.45, 2.75) is 20.3 Å². The van der Waals surface area contributed by atoms with Crippen LogP contribution in [0.1, 0.15) is 20.3 Å². The molecule has 0 spiro atoms. The molecular formula is C15H20N2O6. The third kappa shape index (κ3) is 6.77. The monoisotopic (exact) mass is 324 g/mol. The van der Waals surface area contributed by atoms with Crippen molar-refractivity contribution in [1.29, 1.82) is 0 Å². The Bertz CT molecular complexity index is 573. The lowest BCUT2D eigenvalue weighted by molar-refractivity contribution is -0.384. The van der Waals surface area contributed by atoms with E-state index in [4.69, 9.17) is 9.84 Å². The van der Waals surface area contributed by atoms with Crippen LogP contribution in [0.2, 0.25) is 0 Å². The number of carbonyl (C=O) groups excluding carboxylic acids is 1. The number of nitrogens with zero attached hydrogens (tertiary/aromatic N) is 1. The molecule has 0 heterocycles. The van der Waals surface area contributed by atoms with Gasteiger partial charge in [-0.05, 0) is 18.4 Å². The Hall–Kier alpha value is -2.64. The highest BCUT2D eigenvalue weighted by Gasteiger charge is 2.19. The summed E-state index contributed by atoms with van der Waals surface area (Å²) in [5, 5.41) is 22.2. The molecule has 0 saturated carbocycles. The summed E-state index contributed by atoms with van der Waals surface area (Å²) in [7, 11) is 0. The Morgan fingerprint density at radius 3 is 2.65 bits per heavy atom. The van der Waals surface area contributed by atoms with Crippen LogP contribution < -0.4 is 10.1 Å². The molecule has 1 aromatic rings. The lowest BCUT2D eigenvalue weighted by atomic mass is 9.97. The van der Waals surface area contributed by atoms with Crippen molar-refractivity contribution in [3.05, 3.63) is 34.4 Å². The SMILES string of the molecule is CC(C)CC(CNC(=O)COc1cccc([N+](=O)[O-])c1)C(=O)O. The number of hydrogen-bond donors (Lipinski definition) is 2. The van der Waals surface area contributed by atoms with Gasteiger partial charge in [0.2, 0.25) is 0 Å². The average molecular weight is 324 g/mol. The minimum atomic E-state index is -0.960. The summed E-state index contributed by atoms with van der Waals surface area (Å²) in [6, 6.07) is 5.48. The van der Waals surface area contributed by atoms with Gasteiger partial charge in [0.15, 0.2) is 6.61 Å². The van der Waals surface area contributed by atoms with Crippen molar-refractivity contribution in [1.82, 2.24) is 5.32 Å². The Morgan fingerprint density at radius 1 is 1.39 bits per heavy atom. The highest BCUT2D eigenvalue weighted by atomic mass is 16.6. The molecule has 0 aliphatic carbocycles. The topological polar surface area (TPSA) is 119 Å². The van der Waals surface area contributed by atoms with Crippen molar-refractivity contribution < 1.29 is 24.4 Å².